The molecule has 5 nitrogen and oxygen atoms in total. The van der Waals surface area contributed by atoms with Gasteiger partial charge in [-0.1, -0.05) is 0 Å². The Hall–Kier alpha value is -1.84. The second-order valence-electron chi connectivity index (χ2n) is 3.39. The Morgan fingerprint density at radius 2 is 1.84 bits per heavy atom. The summed E-state index contributed by atoms with van der Waals surface area (Å²) in [5.74, 6) is -3.90. The van der Waals surface area contributed by atoms with Crippen LogP contribution in [0.3, 0.4) is 0 Å². The second kappa shape index (κ2) is 4.68. The Kier molecular flexibility index (Phi) is 3.75. The van der Waals surface area contributed by atoms with Gasteiger partial charge in [-0.25, -0.2) is 9.18 Å². The summed E-state index contributed by atoms with van der Waals surface area (Å²) in [4.78, 5) is 10.6. The van der Waals surface area contributed by atoms with Gasteiger partial charge in [-0.2, -0.15) is 21.6 Å². The summed E-state index contributed by atoms with van der Waals surface area (Å²) >= 11 is 0. The molecule has 0 fully saturated rings. The average Bonchev–Trinajstić information content (AvgIpc) is 2.19. The van der Waals surface area contributed by atoms with Gasteiger partial charge in [0.05, 0.1) is 5.56 Å². The molecule has 0 saturated heterocycles. The van der Waals surface area contributed by atoms with Crippen molar-refractivity contribution in [1.82, 2.24) is 0 Å². The normalized spacial score (nSPS) is 12.3. The molecule has 0 aliphatic carbocycles. The lowest BCUT2D eigenvalue weighted by Crippen LogP contribution is -2.28. The van der Waals surface area contributed by atoms with Crippen LogP contribution in [-0.2, 0) is 10.1 Å². The molecule has 10 heteroatoms. The molecule has 0 bridgehead atoms. The minimum atomic E-state index is -5.94. The lowest BCUT2D eigenvalue weighted by atomic mass is 10.1. The van der Waals surface area contributed by atoms with Crippen molar-refractivity contribution in [2.45, 2.75) is 12.4 Å². The van der Waals surface area contributed by atoms with Gasteiger partial charge in [0.15, 0.2) is 0 Å². The molecular weight excluding hydrogens is 296 g/mol. The maximum Gasteiger partial charge on any atom is 0.534 e. The van der Waals surface area contributed by atoms with Crippen LogP contribution in [0.1, 0.15) is 15.9 Å². The van der Waals surface area contributed by atoms with E-state index in [1.54, 1.807) is 0 Å². The van der Waals surface area contributed by atoms with Crippen molar-refractivity contribution < 1.29 is 40.1 Å². The first-order valence-corrected chi connectivity index (χ1v) is 5.90. The van der Waals surface area contributed by atoms with Gasteiger partial charge in [-0.15, -0.1) is 0 Å². The van der Waals surface area contributed by atoms with Crippen molar-refractivity contribution in [2.75, 3.05) is 0 Å². The molecule has 19 heavy (non-hydrogen) atoms. The zero-order chi connectivity index (χ0) is 15.0. The zero-order valence-electron chi connectivity index (χ0n) is 9.16. The van der Waals surface area contributed by atoms with Gasteiger partial charge in [-0.3, -0.25) is 0 Å². The van der Waals surface area contributed by atoms with Gasteiger partial charge in [0.1, 0.15) is 11.6 Å². The SMILES string of the molecule is Cc1cc(F)c(C(=O)O)cc1OS(=O)(=O)C(F)(F)F. The summed E-state index contributed by atoms with van der Waals surface area (Å²) in [6, 6.07) is 0.932. The summed E-state index contributed by atoms with van der Waals surface area (Å²) in [7, 11) is -5.94. The van der Waals surface area contributed by atoms with Gasteiger partial charge in [0, 0.05) is 0 Å². The summed E-state index contributed by atoms with van der Waals surface area (Å²) in [5, 5.41) is 8.57. The zero-order valence-corrected chi connectivity index (χ0v) is 9.97. The van der Waals surface area contributed by atoms with E-state index in [1.807, 2.05) is 0 Å². The molecule has 0 saturated carbocycles. The average molecular weight is 302 g/mol. The Balaban J connectivity index is 3.31. The van der Waals surface area contributed by atoms with Crippen LogP contribution in [0, 0.1) is 12.7 Å². The number of benzene rings is 1. The third kappa shape index (κ3) is 3.13. The van der Waals surface area contributed by atoms with Crippen molar-refractivity contribution in [3.8, 4) is 5.75 Å². The quantitative estimate of drug-likeness (QED) is 0.525. The smallest absolute Gasteiger partial charge is 0.478 e. The number of aryl methyl sites for hydroxylation is 1. The largest absolute Gasteiger partial charge is 0.534 e. The topological polar surface area (TPSA) is 80.7 Å². The molecule has 0 aromatic heterocycles. The van der Waals surface area contributed by atoms with E-state index in [1.165, 1.54) is 0 Å². The summed E-state index contributed by atoms with van der Waals surface area (Å²) in [6.07, 6.45) is 0. The minimum absolute atomic E-state index is 0.296. The third-order valence-corrected chi connectivity index (χ3v) is 2.94. The van der Waals surface area contributed by atoms with Crippen molar-refractivity contribution in [3.05, 3.63) is 29.1 Å². The van der Waals surface area contributed by atoms with Gasteiger partial charge in [0.2, 0.25) is 0 Å². The number of hydrogen-bond donors (Lipinski definition) is 1. The van der Waals surface area contributed by atoms with Crippen LogP contribution in [0.15, 0.2) is 12.1 Å². The number of carboxylic acid groups (broad SMARTS) is 1. The summed E-state index contributed by atoms with van der Waals surface area (Å²) in [6.45, 7) is 1.07. The van der Waals surface area contributed by atoms with Crippen LogP contribution in [0.25, 0.3) is 0 Å². The highest BCUT2D eigenvalue weighted by Gasteiger charge is 2.48. The van der Waals surface area contributed by atoms with E-state index in [2.05, 4.69) is 4.18 Å². The number of rotatable bonds is 3. The second-order valence-corrected chi connectivity index (χ2v) is 4.92. The molecule has 0 spiro atoms. The van der Waals surface area contributed by atoms with Crippen molar-refractivity contribution in [1.29, 1.82) is 0 Å². The van der Waals surface area contributed by atoms with Crippen LogP contribution in [-0.4, -0.2) is 25.0 Å². The lowest BCUT2D eigenvalue weighted by Gasteiger charge is -2.12. The fourth-order valence-corrected chi connectivity index (χ4v) is 1.58. The molecule has 0 aliphatic rings. The molecule has 0 atom stereocenters. The highest BCUT2D eigenvalue weighted by atomic mass is 32.2. The first kappa shape index (κ1) is 15.2. The van der Waals surface area contributed by atoms with E-state index in [4.69, 9.17) is 5.11 Å². The molecule has 1 aromatic carbocycles. The Bertz CT molecular complexity index is 620. The van der Waals surface area contributed by atoms with Gasteiger partial charge < -0.3 is 9.29 Å². The number of hydrogen-bond acceptors (Lipinski definition) is 4. The first-order valence-electron chi connectivity index (χ1n) is 4.50. The highest BCUT2D eigenvalue weighted by Crippen LogP contribution is 2.30. The Labute approximate surface area is 104 Å². The van der Waals surface area contributed by atoms with Crippen LogP contribution >= 0.6 is 0 Å². The molecule has 106 valence electrons. The van der Waals surface area contributed by atoms with Gasteiger partial charge in [0.25, 0.3) is 0 Å². The van der Waals surface area contributed by atoms with Gasteiger partial charge in [-0.05, 0) is 24.6 Å². The van der Waals surface area contributed by atoms with E-state index in [0.29, 0.717) is 12.1 Å². The number of aromatic carboxylic acids is 1. The Morgan fingerprint density at radius 3 is 2.26 bits per heavy atom. The minimum Gasteiger partial charge on any atom is -0.478 e. The molecule has 1 N–H and O–H groups in total. The number of halogens is 4. The fourth-order valence-electron chi connectivity index (χ4n) is 1.07. The maximum absolute atomic E-state index is 13.1. The van der Waals surface area contributed by atoms with Crippen molar-refractivity contribution in [2.24, 2.45) is 0 Å². The first-order chi connectivity index (χ1) is 8.45. The van der Waals surface area contributed by atoms with E-state index < -0.39 is 38.7 Å². The molecule has 0 aliphatic heterocycles. The van der Waals surface area contributed by atoms with Crippen LogP contribution in [0.5, 0.6) is 5.75 Å². The monoisotopic (exact) mass is 302 g/mol. The molecular formula is C9H6F4O5S. The lowest BCUT2D eigenvalue weighted by molar-refractivity contribution is -0.0500. The van der Waals surface area contributed by atoms with E-state index >= 15 is 0 Å². The van der Waals surface area contributed by atoms with Crippen LogP contribution < -0.4 is 4.18 Å². The van der Waals surface area contributed by atoms with Gasteiger partial charge >= 0.3 is 21.6 Å². The molecule has 0 heterocycles. The van der Waals surface area contributed by atoms with Crippen molar-refractivity contribution >= 4 is 16.1 Å². The fraction of sp³-hybridized carbons (Fsp3) is 0.222. The highest BCUT2D eigenvalue weighted by molar-refractivity contribution is 7.88. The Morgan fingerprint density at radius 1 is 1.32 bits per heavy atom. The molecule has 0 radical (unpaired) electrons. The van der Waals surface area contributed by atoms with Crippen LogP contribution in [0.4, 0.5) is 17.6 Å². The number of carboxylic acids is 1. The molecule has 1 aromatic rings. The molecule has 1 rings (SSSR count). The predicted molar refractivity (Wildman–Crippen MR) is 53.7 cm³/mol. The number of carbonyl (C=O) groups is 1. The molecule has 0 unspecified atom stereocenters. The predicted octanol–water partition coefficient (Wildman–Crippen LogP) is 2.06. The van der Waals surface area contributed by atoms with Crippen LogP contribution in [0.2, 0.25) is 0 Å². The number of alkyl halides is 3. The molecule has 0 amide bonds. The summed E-state index contributed by atoms with van der Waals surface area (Å²) in [5.41, 5.74) is -6.97. The van der Waals surface area contributed by atoms with E-state index in [-0.39, 0.29) is 5.56 Å². The van der Waals surface area contributed by atoms with E-state index in [9.17, 15) is 30.8 Å². The third-order valence-electron chi connectivity index (χ3n) is 1.98. The van der Waals surface area contributed by atoms with Crippen molar-refractivity contribution in [3.63, 3.8) is 0 Å². The summed E-state index contributed by atoms with van der Waals surface area (Å²) < 4.78 is 74.7. The standard InChI is InChI=1S/C9H6F4O5S/c1-4-2-6(10)5(8(14)15)3-7(4)18-19(16,17)9(11,12)13/h2-3H,1H3,(H,14,15). The van der Waals surface area contributed by atoms with E-state index in [0.717, 1.165) is 6.92 Å². The maximum atomic E-state index is 13.1.